The number of nitriles is 1. The van der Waals surface area contributed by atoms with E-state index in [1.807, 2.05) is 18.4 Å². The van der Waals surface area contributed by atoms with Gasteiger partial charge < -0.3 is 10.1 Å². The number of nitrogens with one attached hydrogen (secondary N) is 1. The van der Waals surface area contributed by atoms with Gasteiger partial charge in [0.15, 0.2) is 0 Å². The Kier molecular flexibility index (Phi) is 6.99. The van der Waals surface area contributed by atoms with E-state index in [9.17, 15) is 10.1 Å². The lowest BCUT2D eigenvalue weighted by molar-refractivity contribution is 0.0505. The molecule has 0 fully saturated rings. The number of aromatic nitrogens is 1. The molecule has 1 heterocycles. The summed E-state index contributed by atoms with van der Waals surface area (Å²) in [6.45, 7) is 6.51. The first-order valence-corrected chi connectivity index (χ1v) is 10.6. The molecular formula is C24H23N3O2S. The van der Waals surface area contributed by atoms with Gasteiger partial charge in [-0.3, -0.25) is 0 Å². The standard InChI is InChI=1S/C24H23N3O2S/c1-4-11-29-24(28)18-7-9-21(10-8-18)26-14-20(13-25)23-27-22(15-30-23)19-6-5-16(2)17(3)12-19/h5-10,12,14-15,26H,4,11H2,1-3H3. The fourth-order valence-electron chi connectivity index (χ4n) is 2.71. The average Bonchev–Trinajstić information content (AvgIpc) is 3.25. The summed E-state index contributed by atoms with van der Waals surface area (Å²) < 4.78 is 5.12. The predicted octanol–water partition coefficient (Wildman–Crippen LogP) is 5.97. The normalized spacial score (nSPS) is 11.1. The van der Waals surface area contributed by atoms with E-state index in [4.69, 9.17) is 4.74 Å². The van der Waals surface area contributed by atoms with E-state index in [2.05, 4.69) is 42.4 Å². The highest BCUT2D eigenvalue weighted by Gasteiger charge is 2.10. The molecule has 3 rings (SSSR count). The highest BCUT2D eigenvalue weighted by atomic mass is 32.1. The summed E-state index contributed by atoms with van der Waals surface area (Å²) in [5.74, 6) is -0.335. The minimum absolute atomic E-state index is 0.335. The number of allylic oxidation sites excluding steroid dienone is 1. The van der Waals surface area contributed by atoms with Gasteiger partial charge in [-0.2, -0.15) is 5.26 Å². The van der Waals surface area contributed by atoms with Gasteiger partial charge in [0.1, 0.15) is 16.6 Å². The van der Waals surface area contributed by atoms with Crippen molar-refractivity contribution in [3.05, 3.63) is 75.7 Å². The van der Waals surface area contributed by atoms with Crippen LogP contribution in [0, 0.1) is 25.2 Å². The second-order valence-corrected chi connectivity index (χ2v) is 7.72. The highest BCUT2D eigenvalue weighted by molar-refractivity contribution is 7.11. The second-order valence-electron chi connectivity index (χ2n) is 6.86. The zero-order chi connectivity index (χ0) is 21.5. The molecule has 0 amide bonds. The van der Waals surface area contributed by atoms with Gasteiger partial charge in [0.25, 0.3) is 0 Å². The lowest BCUT2D eigenvalue weighted by Gasteiger charge is -2.05. The lowest BCUT2D eigenvalue weighted by atomic mass is 10.1. The number of anilines is 1. The minimum Gasteiger partial charge on any atom is -0.462 e. The first-order chi connectivity index (χ1) is 14.5. The van der Waals surface area contributed by atoms with Crippen molar-refractivity contribution >= 4 is 28.6 Å². The molecule has 6 heteroatoms. The molecule has 0 radical (unpaired) electrons. The number of thiazole rings is 1. The van der Waals surface area contributed by atoms with Gasteiger partial charge in [0, 0.05) is 22.8 Å². The number of esters is 1. The van der Waals surface area contributed by atoms with Crippen molar-refractivity contribution in [2.75, 3.05) is 11.9 Å². The predicted molar refractivity (Wildman–Crippen MR) is 121 cm³/mol. The Morgan fingerprint density at radius 1 is 1.20 bits per heavy atom. The van der Waals surface area contributed by atoms with Gasteiger partial charge in [-0.25, -0.2) is 9.78 Å². The minimum atomic E-state index is -0.335. The largest absolute Gasteiger partial charge is 0.462 e. The molecule has 0 spiro atoms. The zero-order valence-electron chi connectivity index (χ0n) is 17.2. The summed E-state index contributed by atoms with van der Waals surface area (Å²) in [6.07, 6.45) is 2.42. The third kappa shape index (κ3) is 5.13. The van der Waals surface area contributed by atoms with Gasteiger partial charge in [-0.1, -0.05) is 19.1 Å². The Bertz CT molecular complexity index is 1110. The number of hydrogen-bond acceptors (Lipinski definition) is 6. The number of benzene rings is 2. The smallest absolute Gasteiger partial charge is 0.338 e. The fraction of sp³-hybridized carbons (Fsp3) is 0.208. The molecule has 0 bridgehead atoms. The first kappa shape index (κ1) is 21.3. The van der Waals surface area contributed by atoms with Gasteiger partial charge >= 0.3 is 5.97 Å². The molecule has 0 aliphatic heterocycles. The molecule has 3 aromatic rings. The molecule has 0 aliphatic carbocycles. The maximum Gasteiger partial charge on any atom is 0.338 e. The van der Waals surface area contributed by atoms with Crippen molar-refractivity contribution in [1.82, 2.24) is 4.98 Å². The fourth-order valence-corrected chi connectivity index (χ4v) is 3.50. The molecule has 2 aromatic carbocycles. The third-order valence-corrected chi connectivity index (χ3v) is 5.47. The number of hydrogen-bond donors (Lipinski definition) is 1. The van der Waals surface area contributed by atoms with E-state index >= 15 is 0 Å². The number of aryl methyl sites for hydroxylation is 2. The lowest BCUT2D eigenvalue weighted by Crippen LogP contribution is -2.05. The Hall–Kier alpha value is -3.43. The van der Waals surface area contributed by atoms with Gasteiger partial charge in [0.05, 0.1) is 17.9 Å². The molecule has 5 nitrogen and oxygen atoms in total. The van der Waals surface area contributed by atoms with Crippen LogP contribution >= 0.6 is 11.3 Å². The second kappa shape index (κ2) is 9.86. The Labute approximate surface area is 180 Å². The molecular weight excluding hydrogens is 394 g/mol. The summed E-state index contributed by atoms with van der Waals surface area (Å²) in [4.78, 5) is 16.5. The van der Waals surface area contributed by atoms with Gasteiger partial charge in [-0.05, 0) is 61.7 Å². The monoisotopic (exact) mass is 417 g/mol. The van der Waals surface area contributed by atoms with Crippen molar-refractivity contribution in [3.63, 3.8) is 0 Å². The number of carbonyl (C=O) groups excluding carboxylic acids is 1. The van der Waals surface area contributed by atoms with Crippen molar-refractivity contribution in [3.8, 4) is 17.3 Å². The Morgan fingerprint density at radius 3 is 2.63 bits per heavy atom. The number of ether oxygens (including phenoxy) is 1. The molecule has 0 unspecified atom stereocenters. The number of nitrogens with zero attached hydrogens (tertiary/aromatic N) is 2. The van der Waals surface area contributed by atoms with Crippen LogP contribution in [0.25, 0.3) is 16.8 Å². The zero-order valence-corrected chi connectivity index (χ0v) is 18.0. The quantitative estimate of drug-likeness (QED) is 0.379. The van der Waals surface area contributed by atoms with Crippen molar-refractivity contribution in [2.24, 2.45) is 0 Å². The molecule has 0 aliphatic rings. The van der Waals surface area contributed by atoms with Gasteiger partial charge in [0.2, 0.25) is 0 Å². The summed E-state index contributed by atoms with van der Waals surface area (Å²) >= 11 is 1.43. The summed E-state index contributed by atoms with van der Waals surface area (Å²) in [7, 11) is 0. The van der Waals surface area contributed by atoms with E-state index in [1.165, 1.54) is 22.5 Å². The van der Waals surface area contributed by atoms with E-state index in [-0.39, 0.29) is 5.97 Å². The molecule has 30 heavy (non-hydrogen) atoms. The Morgan fingerprint density at radius 2 is 1.97 bits per heavy atom. The van der Waals surface area contributed by atoms with E-state index in [0.717, 1.165) is 23.4 Å². The Balaban J connectivity index is 1.72. The van der Waals surface area contributed by atoms with Crippen LogP contribution < -0.4 is 5.32 Å². The van der Waals surface area contributed by atoms with Crippen molar-refractivity contribution in [1.29, 1.82) is 5.26 Å². The van der Waals surface area contributed by atoms with E-state index in [0.29, 0.717) is 22.8 Å². The molecule has 152 valence electrons. The van der Waals surface area contributed by atoms with Crippen LogP contribution in [-0.4, -0.2) is 17.6 Å². The van der Waals surface area contributed by atoms with Crippen molar-refractivity contribution in [2.45, 2.75) is 27.2 Å². The number of carbonyl (C=O) groups is 1. The number of rotatable bonds is 7. The van der Waals surface area contributed by atoms with Gasteiger partial charge in [-0.15, -0.1) is 11.3 Å². The third-order valence-electron chi connectivity index (χ3n) is 4.60. The molecule has 0 atom stereocenters. The van der Waals surface area contributed by atoms with Crippen LogP contribution in [0.1, 0.15) is 39.8 Å². The summed E-state index contributed by atoms with van der Waals surface area (Å²) in [5, 5.41) is 15.3. The summed E-state index contributed by atoms with van der Waals surface area (Å²) in [5.41, 5.74) is 6.05. The van der Waals surface area contributed by atoms with Crippen LogP contribution in [0.4, 0.5) is 5.69 Å². The van der Waals surface area contributed by atoms with Crippen LogP contribution in [0.5, 0.6) is 0 Å². The maximum atomic E-state index is 11.9. The van der Waals surface area contributed by atoms with Crippen LogP contribution in [0.2, 0.25) is 0 Å². The van der Waals surface area contributed by atoms with Crippen LogP contribution in [0.15, 0.2) is 54.0 Å². The van der Waals surface area contributed by atoms with Crippen LogP contribution in [-0.2, 0) is 4.74 Å². The summed E-state index contributed by atoms with van der Waals surface area (Å²) in [6, 6.07) is 15.4. The first-order valence-electron chi connectivity index (χ1n) is 9.69. The molecule has 0 saturated heterocycles. The average molecular weight is 418 g/mol. The maximum absolute atomic E-state index is 11.9. The van der Waals surface area contributed by atoms with E-state index < -0.39 is 0 Å². The van der Waals surface area contributed by atoms with E-state index in [1.54, 1.807) is 30.5 Å². The van der Waals surface area contributed by atoms with Crippen molar-refractivity contribution < 1.29 is 9.53 Å². The topological polar surface area (TPSA) is 75.0 Å². The SMILES string of the molecule is CCCOC(=O)c1ccc(NC=C(C#N)c2nc(-c3ccc(C)c(C)c3)cs2)cc1. The van der Waals surface area contributed by atoms with Crippen LogP contribution in [0.3, 0.4) is 0 Å². The highest BCUT2D eigenvalue weighted by Crippen LogP contribution is 2.27. The molecule has 1 N–H and O–H groups in total. The molecule has 1 aromatic heterocycles. The molecule has 0 saturated carbocycles.